The number of anilines is 2. The summed E-state index contributed by atoms with van der Waals surface area (Å²) in [6.45, 7) is 6.48. The van der Waals surface area contributed by atoms with E-state index in [-0.39, 0.29) is 5.91 Å². The number of carbonyl (C=O) groups is 1. The Bertz CT molecular complexity index is 679. The Labute approximate surface area is 129 Å². The zero-order valence-corrected chi connectivity index (χ0v) is 13.2. The summed E-state index contributed by atoms with van der Waals surface area (Å²) in [7, 11) is 0. The molecule has 1 amide bonds. The summed E-state index contributed by atoms with van der Waals surface area (Å²) in [6.07, 6.45) is 0.792. The number of halogens is 1. The van der Waals surface area contributed by atoms with Crippen LogP contribution in [0.1, 0.15) is 35.6 Å². The molecule has 0 saturated heterocycles. The quantitative estimate of drug-likeness (QED) is 0.852. The topological polar surface area (TPSA) is 72.9 Å². The number of aromatic nitrogens is 2. The van der Waals surface area contributed by atoms with Gasteiger partial charge in [0.1, 0.15) is 5.69 Å². The van der Waals surface area contributed by atoms with Gasteiger partial charge < -0.3 is 11.1 Å². The molecule has 0 atom stereocenters. The number of hydrogen-bond donors (Lipinski definition) is 2. The number of rotatable bonds is 4. The van der Waals surface area contributed by atoms with E-state index in [9.17, 15) is 4.79 Å². The maximum absolute atomic E-state index is 12.4. The summed E-state index contributed by atoms with van der Waals surface area (Å²) in [5.41, 5.74) is 9.20. The molecule has 112 valence electrons. The zero-order chi connectivity index (χ0) is 15.6. The van der Waals surface area contributed by atoms with Crippen molar-refractivity contribution in [3.63, 3.8) is 0 Å². The number of nitrogens with zero attached hydrogens (tertiary/aromatic N) is 2. The number of nitrogens with one attached hydrogen (secondary N) is 1. The fraction of sp³-hybridized carbons (Fsp3) is 0.333. The van der Waals surface area contributed by atoms with E-state index in [1.165, 1.54) is 0 Å². The van der Waals surface area contributed by atoms with Crippen LogP contribution in [0, 0.1) is 6.92 Å². The number of nitrogens with two attached hydrogens (primary N) is 1. The molecule has 0 aliphatic carbocycles. The lowest BCUT2D eigenvalue weighted by Gasteiger charge is -2.11. The molecule has 2 rings (SSSR count). The lowest BCUT2D eigenvalue weighted by atomic mass is 10.1. The van der Waals surface area contributed by atoms with Crippen LogP contribution in [0.15, 0.2) is 18.2 Å². The Hall–Kier alpha value is -2.01. The minimum Gasteiger partial charge on any atom is -0.398 e. The van der Waals surface area contributed by atoms with Crippen LogP contribution in [0.25, 0.3) is 0 Å². The molecule has 2 aromatic rings. The molecule has 3 N–H and O–H groups in total. The zero-order valence-electron chi connectivity index (χ0n) is 12.4. The standard InChI is InChI=1S/C15H19ClN4O/c1-4-10-7-14(20(5-2)19-10)15(21)18-13-8-11(16)12(17)6-9(13)3/h6-8H,4-5,17H2,1-3H3,(H,18,21). The molecule has 21 heavy (non-hydrogen) atoms. The highest BCUT2D eigenvalue weighted by Gasteiger charge is 2.15. The first kappa shape index (κ1) is 15.4. The number of hydrogen-bond acceptors (Lipinski definition) is 3. The molecule has 1 aromatic carbocycles. The van der Waals surface area contributed by atoms with Gasteiger partial charge in [-0.25, -0.2) is 0 Å². The number of carbonyl (C=O) groups excluding carboxylic acids is 1. The molecular weight excluding hydrogens is 288 g/mol. The van der Waals surface area contributed by atoms with Crippen LogP contribution < -0.4 is 11.1 Å². The molecule has 0 saturated carbocycles. The molecule has 0 bridgehead atoms. The number of aryl methyl sites for hydroxylation is 3. The normalized spacial score (nSPS) is 10.7. The van der Waals surface area contributed by atoms with Crippen molar-refractivity contribution in [2.45, 2.75) is 33.7 Å². The minimum absolute atomic E-state index is 0.201. The van der Waals surface area contributed by atoms with Crippen molar-refractivity contribution in [1.82, 2.24) is 9.78 Å². The first-order valence-electron chi connectivity index (χ1n) is 6.90. The van der Waals surface area contributed by atoms with Gasteiger partial charge in [-0.3, -0.25) is 9.48 Å². The average molecular weight is 307 g/mol. The van der Waals surface area contributed by atoms with E-state index in [2.05, 4.69) is 10.4 Å². The average Bonchev–Trinajstić information content (AvgIpc) is 2.88. The molecule has 0 radical (unpaired) electrons. The number of amides is 1. The molecular formula is C15H19ClN4O. The maximum atomic E-state index is 12.4. The smallest absolute Gasteiger partial charge is 0.273 e. The van der Waals surface area contributed by atoms with E-state index in [0.29, 0.717) is 28.6 Å². The molecule has 0 fully saturated rings. The predicted molar refractivity (Wildman–Crippen MR) is 85.8 cm³/mol. The Kier molecular flexibility index (Phi) is 4.53. The van der Waals surface area contributed by atoms with Gasteiger partial charge in [-0.15, -0.1) is 0 Å². The minimum atomic E-state index is -0.201. The highest BCUT2D eigenvalue weighted by molar-refractivity contribution is 6.33. The highest BCUT2D eigenvalue weighted by atomic mass is 35.5. The Morgan fingerprint density at radius 3 is 2.71 bits per heavy atom. The second-order valence-electron chi connectivity index (χ2n) is 4.83. The number of nitrogen functional groups attached to an aromatic ring is 1. The summed E-state index contributed by atoms with van der Waals surface area (Å²) >= 11 is 6.01. The predicted octanol–water partition coefficient (Wildman–Crippen LogP) is 3.26. The summed E-state index contributed by atoms with van der Waals surface area (Å²) in [5.74, 6) is -0.201. The summed E-state index contributed by atoms with van der Waals surface area (Å²) in [4.78, 5) is 12.4. The van der Waals surface area contributed by atoms with E-state index in [1.807, 2.05) is 26.8 Å². The molecule has 0 unspecified atom stereocenters. The third-order valence-electron chi connectivity index (χ3n) is 3.32. The van der Waals surface area contributed by atoms with Crippen molar-refractivity contribution in [2.24, 2.45) is 0 Å². The van der Waals surface area contributed by atoms with Gasteiger partial charge in [0.25, 0.3) is 5.91 Å². The molecule has 6 heteroatoms. The maximum Gasteiger partial charge on any atom is 0.273 e. The van der Waals surface area contributed by atoms with Gasteiger partial charge in [0.05, 0.1) is 16.4 Å². The van der Waals surface area contributed by atoms with Gasteiger partial charge >= 0.3 is 0 Å². The second kappa shape index (κ2) is 6.18. The second-order valence-corrected chi connectivity index (χ2v) is 5.24. The van der Waals surface area contributed by atoms with E-state index >= 15 is 0 Å². The summed E-state index contributed by atoms with van der Waals surface area (Å²) < 4.78 is 1.70. The van der Waals surface area contributed by atoms with Gasteiger partial charge in [-0.1, -0.05) is 18.5 Å². The van der Waals surface area contributed by atoms with E-state index in [1.54, 1.807) is 16.8 Å². The lowest BCUT2D eigenvalue weighted by molar-refractivity contribution is 0.101. The van der Waals surface area contributed by atoms with E-state index in [0.717, 1.165) is 17.7 Å². The van der Waals surface area contributed by atoms with Crippen LogP contribution in [-0.2, 0) is 13.0 Å². The summed E-state index contributed by atoms with van der Waals surface area (Å²) in [5, 5.41) is 7.67. The molecule has 1 aromatic heterocycles. The first-order chi connectivity index (χ1) is 9.96. The van der Waals surface area contributed by atoms with Crippen LogP contribution in [0.4, 0.5) is 11.4 Å². The third-order valence-corrected chi connectivity index (χ3v) is 3.64. The van der Waals surface area contributed by atoms with Crippen LogP contribution >= 0.6 is 11.6 Å². The molecule has 1 heterocycles. The fourth-order valence-corrected chi connectivity index (χ4v) is 2.26. The Morgan fingerprint density at radius 1 is 1.38 bits per heavy atom. The monoisotopic (exact) mass is 306 g/mol. The van der Waals surface area contributed by atoms with E-state index < -0.39 is 0 Å². The van der Waals surface area contributed by atoms with Crippen LogP contribution in [0.3, 0.4) is 0 Å². The largest absolute Gasteiger partial charge is 0.398 e. The molecule has 0 aliphatic heterocycles. The van der Waals surface area contributed by atoms with Crippen molar-refractivity contribution in [1.29, 1.82) is 0 Å². The van der Waals surface area contributed by atoms with Crippen molar-refractivity contribution in [3.05, 3.63) is 40.2 Å². The molecule has 5 nitrogen and oxygen atoms in total. The van der Waals surface area contributed by atoms with Gasteiger partial charge in [0, 0.05) is 12.2 Å². The lowest BCUT2D eigenvalue weighted by Crippen LogP contribution is -2.18. The van der Waals surface area contributed by atoms with Gasteiger partial charge in [0.15, 0.2) is 0 Å². The Morgan fingerprint density at radius 2 is 2.10 bits per heavy atom. The van der Waals surface area contributed by atoms with Crippen molar-refractivity contribution < 1.29 is 4.79 Å². The van der Waals surface area contributed by atoms with Crippen LogP contribution in [-0.4, -0.2) is 15.7 Å². The van der Waals surface area contributed by atoms with Crippen molar-refractivity contribution in [3.8, 4) is 0 Å². The number of benzene rings is 1. The van der Waals surface area contributed by atoms with Crippen LogP contribution in [0.5, 0.6) is 0 Å². The summed E-state index contributed by atoms with van der Waals surface area (Å²) in [6, 6.07) is 5.22. The molecule has 0 spiro atoms. The molecule has 0 aliphatic rings. The van der Waals surface area contributed by atoms with Crippen LogP contribution in [0.2, 0.25) is 5.02 Å². The first-order valence-corrected chi connectivity index (χ1v) is 7.27. The van der Waals surface area contributed by atoms with Crippen molar-refractivity contribution in [2.75, 3.05) is 11.1 Å². The van der Waals surface area contributed by atoms with E-state index in [4.69, 9.17) is 17.3 Å². The van der Waals surface area contributed by atoms with Gasteiger partial charge in [-0.2, -0.15) is 5.10 Å². The fourth-order valence-electron chi connectivity index (χ4n) is 2.09. The van der Waals surface area contributed by atoms with Crippen molar-refractivity contribution >= 4 is 28.9 Å². The highest BCUT2D eigenvalue weighted by Crippen LogP contribution is 2.27. The third kappa shape index (κ3) is 3.19. The van der Waals surface area contributed by atoms with Gasteiger partial charge in [-0.05, 0) is 44.0 Å². The SMILES string of the molecule is CCc1cc(C(=O)Nc2cc(Cl)c(N)cc2C)n(CC)n1. The van der Waals surface area contributed by atoms with Gasteiger partial charge in [0.2, 0.25) is 0 Å². The Balaban J connectivity index is 2.30.